The molecular formula is C14H26N2O3. The lowest BCUT2D eigenvalue weighted by Gasteiger charge is -2.35. The van der Waals surface area contributed by atoms with Crippen molar-refractivity contribution in [3.05, 3.63) is 0 Å². The molecule has 0 aliphatic heterocycles. The van der Waals surface area contributed by atoms with Crippen molar-refractivity contribution < 1.29 is 14.7 Å². The van der Waals surface area contributed by atoms with Gasteiger partial charge in [0, 0.05) is 19.0 Å². The maximum atomic E-state index is 12.1. The second-order valence-corrected chi connectivity index (χ2v) is 6.66. The van der Waals surface area contributed by atoms with Crippen LogP contribution in [0.15, 0.2) is 0 Å². The molecule has 1 aliphatic carbocycles. The summed E-state index contributed by atoms with van der Waals surface area (Å²) in [6.07, 6.45) is 1.33. The molecule has 19 heavy (non-hydrogen) atoms. The van der Waals surface area contributed by atoms with Crippen LogP contribution >= 0.6 is 0 Å². The van der Waals surface area contributed by atoms with Crippen LogP contribution < -0.4 is 5.32 Å². The molecule has 5 nitrogen and oxygen atoms in total. The van der Waals surface area contributed by atoms with Gasteiger partial charge in [0.2, 0.25) is 11.8 Å². The van der Waals surface area contributed by atoms with Gasteiger partial charge in [-0.15, -0.1) is 0 Å². The Kier molecular flexibility index (Phi) is 4.96. The molecule has 2 N–H and O–H groups in total. The van der Waals surface area contributed by atoms with Crippen molar-refractivity contribution in [1.82, 2.24) is 10.2 Å². The first-order chi connectivity index (χ1) is 8.61. The summed E-state index contributed by atoms with van der Waals surface area (Å²) in [4.78, 5) is 25.6. The topological polar surface area (TPSA) is 69.6 Å². The number of hydrogen-bond donors (Lipinski definition) is 2. The van der Waals surface area contributed by atoms with Crippen LogP contribution in [-0.4, -0.2) is 47.6 Å². The van der Waals surface area contributed by atoms with Crippen LogP contribution in [0.25, 0.3) is 0 Å². The fourth-order valence-corrected chi connectivity index (χ4v) is 2.13. The first-order valence-corrected chi connectivity index (χ1v) is 6.85. The molecule has 1 unspecified atom stereocenters. The number of aliphatic hydroxyl groups is 1. The van der Waals surface area contributed by atoms with Gasteiger partial charge in [0.15, 0.2) is 0 Å². The minimum Gasteiger partial charge on any atom is -0.393 e. The smallest absolute Gasteiger partial charge is 0.244 e. The third kappa shape index (κ3) is 4.49. The van der Waals surface area contributed by atoms with Crippen molar-refractivity contribution in [3.63, 3.8) is 0 Å². The van der Waals surface area contributed by atoms with Crippen molar-refractivity contribution in [1.29, 1.82) is 0 Å². The Labute approximate surface area is 115 Å². The Balaban J connectivity index is 2.41. The maximum absolute atomic E-state index is 12.1. The molecule has 5 heteroatoms. The fraction of sp³-hybridized carbons (Fsp3) is 0.857. The van der Waals surface area contributed by atoms with Crippen molar-refractivity contribution in [3.8, 4) is 0 Å². The number of hydrogen-bond acceptors (Lipinski definition) is 3. The van der Waals surface area contributed by atoms with E-state index in [-0.39, 0.29) is 17.9 Å². The number of aliphatic hydroxyl groups excluding tert-OH is 1. The summed E-state index contributed by atoms with van der Waals surface area (Å²) in [5.74, 6) is 0.175. The van der Waals surface area contributed by atoms with Gasteiger partial charge in [-0.2, -0.15) is 0 Å². The summed E-state index contributed by atoms with van der Waals surface area (Å²) in [6.45, 7) is 7.81. The zero-order valence-corrected chi connectivity index (χ0v) is 12.6. The highest BCUT2D eigenvalue weighted by molar-refractivity contribution is 5.89. The van der Waals surface area contributed by atoms with Crippen LogP contribution in [0.1, 0.15) is 40.5 Å². The van der Waals surface area contributed by atoms with Gasteiger partial charge in [0.1, 0.15) is 6.04 Å². The van der Waals surface area contributed by atoms with Crippen LogP contribution in [0.3, 0.4) is 0 Å². The number of amides is 2. The van der Waals surface area contributed by atoms with Crippen molar-refractivity contribution >= 4 is 11.8 Å². The van der Waals surface area contributed by atoms with E-state index in [4.69, 9.17) is 0 Å². The molecule has 1 aliphatic rings. The molecule has 0 saturated heterocycles. The second kappa shape index (κ2) is 5.90. The molecule has 2 amide bonds. The van der Waals surface area contributed by atoms with Crippen molar-refractivity contribution in [2.45, 2.75) is 52.7 Å². The van der Waals surface area contributed by atoms with Crippen molar-refractivity contribution in [2.75, 3.05) is 13.6 Å². The molecule has 1 atom stereocenters. The largest absolute Gasteiger partial charge is 0.393 e. The van der Waals surface area contributed by atoms with Gasteiger partial charge in [-0.05, 0) is 25.7 Å². The van der Waals surface area contributed by atoms with Gasteiger partial charge in [0.05, 0.1) is 6.10 Å². The van der Waals surface area contributed by atoms with Gasteiger partial charge in [-0.3, -0.25) is 9.59 Å². The molecule has 0 bridgehead atoms. The van der Waals surface area contributed by atoms with Crippen LogP contribution in [0.2, 0.25) is 0 Å². The molecule has 0 heterocycles. The quantitative estimate of drug-likeness (QED) is 0.792. The lowest BCUT2D eigenvalue weighted by Crippen LogP contribution is -2.50. The molecular weight excluding hydrogens is 244 g/mol. The molecule has 0 aromatic carbocycles. The van der Waals surface area contributed by atoms with Gasteiger partial charge >= 0.3 is 0 Å². The molecule has 1 rings (SSSR count). The first-order valence-electron chi connectivity index (χ1n) is 6.85. The number of carbonyl (C=O) groups excluding carboxylic acids is 2. The Morgan fingerprint density at radius 1 is 1.37 bits per heavy atom. The Hall–Kier alpha value is -1.10. The van der Waals surface area contributed by atoms with E-state index in [1.54, 1.807) is 18.9 Å². The predicted octanol–water partition coefficient (Wildman–Crippen LogP) is 0.766. The van der Waals surface area contributed by atoms with Crippen molar-refractivity contribution in [2.24, 2.45) is 11.3 Å². The average molecular weight is 270 g/mol. The summed E-state index contributed by atoms with van der Waals surface area (Å²) < 4.78 is 0. The Bertz CT molecular complexity index is 343. The minimum absolute atomic E-state index is 0.0843. The summed E-state index contributed by atoms with van der Waals surface area (Å²) in [5, 5.41) is 12.0. The lowest BCUT2D eigenvalue weighted by atomic mass is 9.82. The highest BCUT2D eigenvalue weighted by Gasteiger charge is 2.31. The van der Waals surface area contributed by atoms with E-state index >= 15 is 0 Å². The third-order valence-electron chi connectivity index (χ3n) is 3.52. The Morgan fingerprint density at radius 3 is 2.32 bits per heavy atom. The Morgan fingerprint density at radius 2 is 1.89 bits per heavy atom. The van der Waals surface area contributed by atoms with E-state index in [2.05, 4.69) is 5.32 Å². The van der Waals surface area contributed by atoms with E-state index in [0.29, 0.717) is 12.5 Å². The molecule has 0 aromatic rings. The highest BCUT2D eigenvalue weighted by atomic mass is 16.3. The standard InChI is InChI=1S/C14H26N2O3/c1-9(15-13(19)14(2,3)4)12(18)16(5)8-10-6-11(17)7-10/h9-11,17H,6-8H2,1-5H3,(H,15,19). The average Bonchev–Trinajstić information content (AvgIpc) is 2.24. The minimum atomic E-state index is -0.512. The number of carbonyl (C=O) groups is 2. The molecule has 0 spiro atoms. The maximum Gasteiger partial charge on any atom is 0.244 e. The molecule has 0 radical (unpaired) electrons. The fourth-order valence-electron chi connectivity index (χ4n) is 2.13. The predicted molar refractivity (Wildman–Crippen MR) is 73.4 cm³/mol. The lowest BCUT2D eigenvalue weighted by molar-refractivity contribution is -0.138. The van der Waals surface area contributed by atoms with E-state index in [1.807, 2.05) is 20.8 Å². The summed E-state index contributed by atoms with van der Waals surface area (Å²) in [6, 6.07) is -0.512. The zero-order chi connectivity index (χ0) is 14.8. The van der Waals surface area contributed by atoms with Gasteiger partial charge < -0.3 is 15.3 Å². The van der Waals surface area contributed by atoms with Gasteiger partial charge in [0.25, 0.3) is 0 Å². The van der Waals surface area contributed by atoms with Crippen LogP contribution in [0, 0.1) is 11.3 Å². The number of nitrogens with one attached hydrogen (secondary N) is 1. The van der Waals surface area contributed by atoms with E-state index in [9.17, 15) is 14.7 Å². The second-order valence-electron chi connectivity index (χ2n) is 6.66. The third-order valence-corrected chi connectivity index (χ3v) is 3.52. The molecule has 0 aromatic heterocycles. The van der Waals surface area contributed by atoms with E-state index in [0.717, 1.165) is 12.8 Å². The van der Waals surface area contributed by atoms with Crippen LogP contribution in [0.4, 0.5) is 0 Å². The number of likely N-dealkylation sites (N-methyl/N-ethyl adjacent to an activating group) is 1. The SMILES string of the molecule is CC(NC(=O)C(C)(C)C)C(=O)N(C)CC1CC(O)C1. The highest BCUT2D eigenvalue weighted by Crippen LogP contribution is 2.27. The van der Waals surface area contributed by atoms with Gasteiger partial charge in [-0.25, -0.2) is 0 Å². The van der Waals surface area contributed by atoms with Gasteiger partial charge in [-0.1, -0.05) is 20.8 Å². The summed E-state index contributed by atoms with van der Waals surface area (Å²) in [7, 11) is 1.74. The number of nitrogens with zero attached hydrogens (tertiary/aromatic N) is 1. The summed E-state index contributed by atoms with van der Waals surface area (Å²) in [5.41, 5.74) is -0.495. The monoisotopic (exact) mass is 270 g/mol. The first kappa shape index (κ1) is 16.0. The molecule has 1 fully saturated rings. The zero-order valence-electron chi connectivity index (χ0n) is 12.6. The van der Waals surface area contributed by atoms with E-state index < -0.39 is 11.5 Å². The van der Waals surface area contributed by atoms with E-state index in [1.165, 1.54) is 0 Å². The normalized spacial score (nSPS) is 24.3. The van der Waals surface area contributed by atoms with Crippen LogP contribution in [-0.2, 0) is 9.59 Å². The summed E-state index contributed by atoms with van der Waals surface area (Å²) >= 11 is 0. The van der Waals surface area contributed by atoms with Crippen LogP contribution in [0.5, 0.6) is 0 Å². The molecule has 110 valence electrons. The number of rotatable bonds is 4. The molecule has 1 saturated carbocycles.